The van der Waals surface area contributed by atoms with Crippen molar-refractivity contribution < 1.29 is 14.3 Å². The summed E-state index contributed by atoms with van der Waals surface area (Å²) in [4.78, 5) is 18.8. The quantitative estimate of drug-likeness (QED) is 0.942. The van der Waals surface area contributed by atoms with Crippen LogP contribution in [-0.4, -0.2) is 40.1 Å². The number of benzene rings is 1. The standard InChI is InChI=1S/C17H20N2O3/c20-11-9-14-8-4-5-10-19(14)17(21)15-12-22-16(18-15)13-6-2-1-3-7-13/h1-3,6-7,12,14,20H,4-5,8-11H2. The number of likely N-dealkylation sites (tertiary alicyclic amines) is 1. The molecule has 1 aliphatic rings. The summed E-state index contributed by atoms with van der Waals surface area (Å²) in [7, 11) is 0. The van der Waals surface area contributed by atoms with Crippen molar-refractivity contribution in [1.82, 2.24) is 9.88 Å². The zero-order valence-corrected chi connectivity index (χ0v) is 12.4. The molecular weight excluding hydrogens is 280 g/mol. The van der Waals surface area contributed by atoms with Crippen LogP contribution in [0, 0.1) is 0 Å². The maximum Gasteiger partial charge on any atom is 0.276 e. The Bertz CT molecular complexity index is 622. The van der Waals surface area contributed by atoms with Gasteiger partial charge in [-0.3, -0.25) is 4.79 Å². The van der Waals surface area contributed by atoms with Crippen LogP contribution in [0.4, 0.5) is 0 Å². The maximum absolute atomic E-state index is 12.7. The van der Waals surface area contributed by atoms with E-state index in [0.717, 1.165) is 31.4 Å². The number of amides is 1. The first-order valence-corrected chi connectivity index (χ1v) is 7.72. The van der Waals surface area contributed by atoms with Gasteiger partial charge in [-0.05, 0) is 37.8 Å². The fourth-order valence-corrected chi connectivity index (χ4v) is 2.95. The van der Waals surface area contributed by atoms with E-state index in [1.54, 1.807) is 0 Å². The molecule has 3 rings (SSSR count). The molecular formula is C17H20N2O3. The zero-order chi connectivity index (χ0) is 15.4. The van der Waals surface area contributed by atoms with E-state index in [1.807, 2.05) is 35.2 Å². The minimum Gasteiger partial charge on any atom is -0.444 e. The molecule has 116 valence electrons. The van der Waals surface area contributed by atoms with Crippen molar-refractivity contribution in [2.45, 2.75) is 31.7 Å². The van der Waals surface area contributed by atoms with Crippen LogP contribution in [0.15, 0.2) is 41.0 Å². The fourth-order valence-electron chi connectivity index (χ4n) is 2.95. The smallest absolute Gasteiger partial charge is 0.276 e. The van der Waals surface area contributed by atoms with Crippen molar-refractivity contribution in [2.75, 3.05) is 13.2 Å². The van der Waals surface area contributed by atoms with Gasteiger partial charge in [0.15, 0.2) is 5.69 Å². The first kappa shape index (κ1) is 14.8. The number of carbonyl (C=O) groups is 1. The Hall–Kier alpha value is -2.14. The molecule has 1 unspecified atom stereocenters. The average Bonchev–Trinajstić information content (AvgIpc) is 3.06. The van der Waals surface area contributed by atoms with E-state index in [9.17, 15) is 4.79 Å². The average molecular weight is 300 g/mol. The number of aliphatic hydroxyl groups excluding tert-OH is 1. The van der Waals surface area contributed by atoms with Crippen molar-refractivity contribution in [3.63, 3.8) is 0 Å². The van der Waals surface area contributed by atoms with E-state index in [0.29, 0.717) is 18.0 Å². The molecule has 0 saturated carbocycles. The molecule has 1 amide bonds. The molecule has 1 saturated heterocycles. The predicted molar refractivity (Wildman–Crippen MR) is 82.3 cm³/mol. The van der Waals surface area contributed by atoms with Crippen molar-refractivity contribution in [3.05, 3.63) is 42.3 Å². The Kier molecular flexibility index (Phi) is 4.53. The molecule has 1 fully saturated rings. The fraction of sp³-hybridized carbons (Fsp3) is 0.412. The number of oxazole rings is 1. The number of carbonyl (C=O) groups excluding carboxylic acids is 1. The van der Waals surface area contributed by atoms with Crippen LogP contribution in [0.2, 0.25) is 0 Å². The first-order chi connectivity index (χ1) is 10.8. The van der Waals surface area contributed by atoms with Gasteiger partial charge in [0.25, 0.3) is 5.91 Å². The summed E-state index contributed by atoms with van der Waals surface area (Å²) in [6, 6.07) is 9.63. The minimum absolute atomic E-state index is 0.0997. The molecule has 1 atom stereocenters. The highest BCUT2D eigenvalue weighted by atomic mass is 16.3. The Morgan fingerprint density at radius 3 is 2.91 bits per heavy atom. The first-order valence-electron chi connectivity index (χ1n) is 7.72. The molecule has 0 radical (unpaired) electrons. The van der Waals surface area contributed by atoms with Gasteiger partial charge in [-0.25, -0.2) is 4.98 Å². The van der Waals surface area contributed by atoms with Crippen LogP contribution < -0.4 is 0 Å². The number of aliphatic hydroxyl groups is 1. The van der Waals surface area contributed by atoms with Gasteiger partial charge in [0, 0.05) is 24.8 Å². The number of hydrogen-bond donors (Lipinski definition) is 1. The lowest BCUT2D eigenvalue weighted by Crippen LogP contribution is -2.44. The van der Waals surface area contributed by atoms with Crippen molar-refractivity contribution in [1.29, 1.82) is 0 Å². The van der Waals surface area contributed by atoms with E-state index >= 15 is 0 Å². The van der Waals surface area contributed by atoms with Crippen LogP contribution in [0.25, 0.3) is 11.5 Å². The minimum atomic E-state index is -0.107. The molecule has 5 heteroatoms. The largest absolute Gasteiger partial charge is 0.444 e. The summed E-state index contributed by atoms with van der Waals surface area (Å²) in [5.74, 6) is 0.351. The van der Waals surface area contributed by atoms with Gasteiger partial charge < -0.3 is 14.4 Å². The Labute approximate surface area is 129 Å². The van der Waals surface area contributed by atoms with Gasteiger partial charge >= 0.3 is 0 Å². The summed E-state index contributed by atoms with van der Waals surface area (Å²) in [6.07, 6.45) is 5.08. The molecule has 0 aliphatic carbocycles. The SMILES string of the molecule is O=C(c1coc(-c2ccccc2)n1)N1CCCCC1CCO. The molecule has 1 aromatic heterocycles. The summed E-state index contributed by atoms with van der Waals surface area (Å²) in [5, 5.41) is 9.17. The van der Waals surface area contributed by atoms with Gasteiger partial charge in [0.1, 0.15) is 6.26 Å². The summed E-state index contributed by atoms with van der Waals surface area (Å²) < 4.78 is 5.45. The Morgan fingerprint density at radius 1 is 1.32 bits per heavy atom. The van der Waals surface area contributed by atoms with Gasteiger partial charge in [-0.1, -0.05) is 18.2 Å². The van der Waals surface area contributed by atoms with Crippen LogP contribution >= 0.6 is 0 Å². The third-order valence-corrected chi connectivity index (χ3v) is 4.09. The van der Waals surface area contributed by atoms with Gasteiger partial charge in [-0.2, -0.15) is 0 Å². The second-order valence-electron chi connectivity index (χ2n) is 5.56. The molecule has 1 N–H and O–H groups in total. The second kappa shape index (κ2) is 6.75. The highest BCUT2D eigenvalue weighted by Crippen LogP contribution is 2.23. The number of piperidine rings is 1. The van der Waals surface area contributed by atoms with Gasteiger partial charge in [-0.15, -0.1) is 0 Å². The third-order valence-electron chi connectivity index (χ3n) is 4.09. The Morgan fingerprint density at radius 2 is 2.14 bits per heavy atom. The molecule has 22 heavy (non-hydrogen) atoms. The van der Waals surface area contributed by atoms with Gasteiger partial charge in [0.2, 0.25) is 5.89 Å². The topological polar surface area (TPSA) is 66.6 Å². The highest BCUT2D eigenvalue weighted by Gasteiger charge is 2.28. The molecule has 1 aromatic carbocycles. The number of aromatic nitrogens is 1. The number of rotatable bonds is 4. The predicted octanol–water partition coefficient (Wildman–Crippen LogP) is 2.72. The summed E-state index contributed by atoms with van der Waals surface area (Å²) in [6.45, 7) is 0.819. The van der Waals surface area contributed by atoms with Crippen molar-refractivity contribution in [2.24, 2.45) is 0 Å². The zero-order valence-electron chi connectivity index (χ0n) is 12.4. The summed E-state index contributed by atoms with van der Waals surface area (Å²) in [5.41, 5.74) is 1.19. The third kappa shape index (κ3) is 3.04. The molecule has 1 aliphatic heterocycles. The van der Waals surface area contributed by atoms with E-state index in [-0.39, 0.29) is 18.6 Å². The van der Waals surface area contributed by atoms with E-state index in [4.69, 9.17) is 9.52 Å². The molecule has 2 heterocycles. The number of hydrogen-bond acceptors (Lipinski definition) is 4. The maximum atomic E-state index is 12.7. The van der Waals surface area contributed by atoms with Crippen molar-refractivity contribution in [3.8, 4) is 11.5 Å². The Balaban J connectivity index is 1.78. The van der Waals surface area contributed by atoms with Crippen LogP contribution in [-0.2, 0) is 0 Å². The molecule has 2 aromatic rings. The van der Waals surface area contributed by atoms with Crippen molar-refractivity contribution >= 4 is 5.91 Å². The summed E-state index contributed by atoms with van der Waals surface area (Å²) >= 11 is 0. The van der Waals surface area contributed by atoms with E-state index < -0.39 is 0 Å². The lowest BCUT2D eigenvalue weighted by Gasteiger charge is -2.35. The monoisotopic (exact) mass is 300 g/mol. The lowest BCUT2D eigenvalue weighted by molar-refractivity contribution is 0.0568. The normalized spacial score (nSPS) is 18.4. The lowest BCUT2D eigenvalue weighted by atomic mass is 9.99. The molecule has 0 spiro atoms. The number of nitrogens with zero attached hydrogens (tertiary/aromatic N) is 2. The highest BCUT2D eigenvalue weighted by molar-refractivity contribution is 5.92. The van der Waals surface area contributed by atoms with Crippen LogP contribution in [0.5, 0.6) is 0 Å². The van der Waals surface area contributed by atoms with E-state index in [2.05, 4.69) is 4.98 Å². The van der Waals surface area contributed by atoms with E-state index in [1.165, 1.54) is 6.26 Å². The second-order valence-corrected chi connectivity index (χ2v) is 5.56. The van der Waals surface area contributed by atoms with Gasteiger partial charge in [0.05, 0.1) is 0 Å². The van der Waals surface area contributed by atoms with Crippen LogP contribution in [0.3, 0.4) is 0 Å². The molecule has 0 bridgehead atoms. The molecule has 5 nitrogen and oxygen atoms in total. The van der Waals surface area contributed by atoms with Crippen LogP contribution in [0.1, 0.15) is 36.2 Å².